The van der Waals surface area contributed by atoms with Crippen molar-refractivity contribution in [3.05, 3.63) is 16.8 Å². The van der Waals surface area contributed by atoms with Crippen LogP contribution in [0.3, 0.4) is 0 Å². The van der Waals surface area contributed by atoms with Crippen LogP contribution in [0.2, 0.25) is 0 Å². The number of aromatic amines is 1. The number of hydrogen-bond acceptors (Lipinski definition) is 6. The number of carbonyl (C=O) groups excluding carboxylic acids is 1. The lowest BCUT2D eigenvalue weighted by atomic mass is 10.2. The highest BCUT2D eigenvalue weighted by atomic mass is 32.2. The molecule has 0 bridgehead atoms. The van der Waals surface area contributed by atoms with E-state index in [1.54, 1.807) is 11.3 Å². The molecule has 10 heteroatoms. The average molecular weight is 328 g/mol. The molecule has 0 atom stereocenters. The molecule has 0 aromatic carbocycles. The van der Waals surface area contributed by atoms with Gasteiger partial charge in [-0.3, -0.25) is 0 Å². The van der Waals surface area contributed by atoms with Crippen LogP contribution in [0.15, 0.2) is 10.5 Å². The van der Waals surface area contributed by atoms with Gasteiger partial charge in [-0.1, -0.05) is 24.0 Å². The Morgan fingerprint density at radius 1 is 1.60 bits per heavy atom. The number of aliphatic hydroxyl groups excluding tert-OH is 1. The van der Waals surface area contributed by atoms with E-state index in [1.165, 1.54) is 10.6 Å². The molecular formula is C10H11F3N2O3S2. The van der Waals surface area contributed by atoms with E-state index in [-0.39, 0.29) is 6.61 Å². The van der Waals surface area contributed by atoms with Crippen LogP contribution in [0.4, 0.5) is 13.2 Å². The minimum atomic E-state index is -5.19. The number of nitrogens with one attached hydrogen (secondary N) is 1. The van der Waals surface area contributed by atoms with E-state index in [4.69, 9.17) is 15.0 Å². The van der Waals surface area contributed by atoms with Crippen LogP contribution in [-0.4, -0.2) is 35.3 Å². The van der Waals surface area contributed by atoms with E-state index in [0.29, 0.717) is 6.54 Å². The van der Waals surface area contributed by atoms with Gasteiger partial charge in [0.05, 0.1) is 6.61 Å². The zero-order valence-electron chi connectivity index (χ0n) is 9.98. The molecule has 2 rings (SSSR count). The molecule has 1 aromatic rings. The van der Waals surface area contributed by atoms with Crippen molar-refractivity contribution in [2.24, 2.45) is 0 Å². The number of carboxylic acids is 1. The summed E-state index contributed by atoms with van der Waals surface area (Å²) in [6.07, 6.45) is -1.13. The molecule has 1 aromatic heterocycles. The van der Waals surface area contributed by atoms with Crippen molar-refractivity contribution in [2.45, 2.75) is 17.1 Å². The van der Waals surface area contributed by atoms with Crippen LogP contribution in [0, 0.1) is 0 Å². The van der Waals surface area contributed by atoms with Gasteiger partial charge in [0.15, 0.2) is 0 Å². The van der Waals surface area contributed by atoms with Gasteiger partial charge in [0.1, 0.15) is 17.4 Å². The summed E-state index contributed by atoms with van der Waals surface area (Å²) in [4.78, 5) is 15.3. The quantitative estimate of drug-likeness (QED) is 0.745. The van der Waals surface area contributed by atoms with Gasteiger partial charge < -0.3 is 19.9 Å². The first kappa shape index (κ1) is 16.8. The molecule has 0 saturated carbocycles. The van der Waals surface area contributed by atoms with Crippen LogP contribution in [0.1, 0.15) is 10.6 Å². The highest BCUT2D eigenvalue weighted by Crippen LogP contribution is 2.23. The fraction of sp³-hybridized carbons (Fsp3) is 0.400. The molecule has 0 aliphatic carbocycles. The number of nitrogens with zero attached hydrogens (tertiary/aromatic N) is 1. The summed E-state index contributed by atoms with van der Waals surface area (Å²) in [6.45, 7) is 1.71. The van der Waals surface area contributed by atoms with Crippen molar-refractivity contribution in [1.82, 2.24) is 4.90 Å². The molecule has 0 unspecified atom stereocenters. The molecule has 2 heterocycles. The number of carbonyl (C=O) groups is 1. The molecule has 0 saturated heterocycles. The summed E-state index contributed by atoms with van der Waals surface area (Å²) < 4.78 is 32.5. The lowest BCUT2D eigenvalue weighted by molar-refractivity contribution is -0.429. The Balaban J connectivity index is 0.000000246. The number of thiol groups is 1. The second-order valence-corrected chi connectivity index (χ2v) is 5.47. The van der Waals surface area contributed by atoms with Gasteiger partial charge in [-0.15, -0.1) is 0 Å². The maximum absolute atomic E-state index is 10.5. The van der Waals surface area contributed by atoms with Crippen molar-refractivity contribution in [3.63, 3.8) is 0 Å². The Labute approximate surface area is 121 Å². The summed E-state index contributed by atoms with van der Waals surface area (Å²) in [6, 6.07) is 0. The molecular weight excluding hydrogens is 317 g/mol. The molecule has 5 nitrogen and oxygen atoms in total. The third-order valence-electron chi connectivity index (χ3n) is 2.18. The van der Waals surface area contributed by atoms with E-state index in [9.17, 15) is 13.2 Å². The molecule has 0 radical (unpaired) electrons. The standard InChI is InChI=1S/C8H10N2OS2.C2HF3O2/c11-4-3-10-2-1-7-6(5-10)9-8(12)13-7;3-2(4,5)1(6)7/h1-2,11H,3-5H2,(H,9,12);(H,6,7). The van der Waals surface area contributed by atoms with Gasteiger partial charge >= 0.3 is 6.18 Å². The number of thiazole rings is 1. The van der Waals surface area contributed by atoms with E-state index in [1.807, 2.05) is 6.20 Å². The number of β-amino-alcohol motifs (C(OH)–C–C–N with tert-alkyl or cyclic N) is 1. The number of halogens is 3. The van der Waals surface area contributed by atoms with Gasteiger partial charge in [-0.05, 0) is 6.08 Å². The number of rotatable bonds is 2. The Hall–Kier alpha value is -1.26. The SMILES string of the molecule is O=C([O-])C(F)(F)F.OCCN1C=Cc2sc(S)[nH+]c2C1. The molecule has 112 valence electrons. The highest BCUT2D eigenvalue weighted by Gasteiger charge is 2.28. The predicted octanol–water partition coefficient (Wildman–Crippen LogP) is -0.0719. The number of alkyl halides is 3. The second-order valence-electron chi connectivity index (χ2n) is 3.67. The Morgan fingerprint density at radius 2 is 2.20 bits per heavy atom. The Kier molecular flexibility index (Phi) is 5.84. The number of hydrogen-bond donors (Lipinski definition) is 2. The molecule has 2 N–H and O–H groups in total. The minimum absolute atomic E-state index is 0.192. The first-order valence-electron chi connectivity index (χ1n) is 5.29. The molecule has 0 spiro atoms. The van der Waals surface area contributed by atoms with Crippen LogP contribution >= 0.6 is 24.0 Å². The lowest BCUT2D eigenvalue weighted by Gasteiger charge is -2.18. The van der Waals surface area contributed by atoms with E-state index in [0.717, 1.165) is 10.9 Å². The summed E-state index contributed by atoms with van der Waals surface area (Å²) in [5.41, 5.74) is 1.19. The summed E-state index contributed by atoms with van der Waals surface area (Å²) in [5, 5.41) is 17.6. The summed E-state index contributed by atoms with van der Waals surface area (Å²) >= 11 is 5.90. The van der Waals surface area contributed by atoms with Gasteiger partial charge in [-0.25, -0.2) is 0 Å². The minimum Gasteiger partial charge on any atom is -0.542 e. The second kappa shape index (κ2) is 6.95. The number of carboxylic acid groups (broad SMARTS) is 1. The monoisotopic (exact) mass is 328 g/mol. The summed E-state index contributed by atoms with van der Waals surface area (Å²) in [7, 11) is 0. The number of aliphatic hydroxyl groups is 1. The third kappa shape index (κ3) is 5.02. The normalized spacial score (nSPS) is 13.6. The first-order chi connectivity index (χ1) is 9.24. The first-order valence-corrected chi connectivity index (χ1v) is 6.55. The zero-order valence-corrected chi connectivity index (χ0v) is 11.7. The Bertz CT molecular complexity index is 502. The van der Waals surface area contributed by atoms with E-state index >= 15 is 0 Å². The van der Waals surface area contributed by atoms with Gasteiger partial charge in [-0.2, -0.15) is 18.2 Å². The predicted molar refractivity (Wildman–Crippen MR) is 65.7 cm³/mol. The van der Waals surface area contributed by atoms with Crippen molar-refractivity contribution in [2.75, 3.05) is 13.2 Å². The fourth-order valence-corrected chi connectivity index (χ4v) is 2.53. The smallest absolute Gasteiger partial charge is 0.430 e. The maximum atomic E-state index is 10.5. The highest BCUT2D eigenvalue weighted by molar-refractivity contribution is 7.82. The average Bonchev–Trinajstić information content (AvgIpc) is 2.68. The fourth-order valence-electron chi connectivity index (χ4n) is 1.34. The van der Waals surface area contributed by atoms with Crippen LogP contribution < -0.4 is 10.1 Å². The largest absolute Gasteiger partial charge is 0.542 e. The van der Waals surface area contributed by atoms with Crippen molar-refractivity contribution in [1.29, 1.82) is 0 Å². The summed E-state index contributed by atoms with van der Waals surface area (Å²) in [5.74, 6) is -3.01. The number of aliphatic carboxylic acids is 1. The lowest BCUT2D eigenvalue weighted by Crippen LogP contribution is -2.37. The number of H-pyrrole nitrogens is 1. The Morgan fingerprint density at radius 3 is 2.70 bits per heavy atom. The van der Waals surface area contributed by atoms with Crippen molar-refractivity contribution < 1.29 is 33.2 Å². The van der Waals surface area contributed by atoms with E-state index < -0.39 is 12.1 Å². The molecule has 1 aliphatic rings. The van der Waals surface area contributed by atoms with Gasteiger partial charge in [0, 0.05) is 12.7 Å². The van der Waals surface area contributed by atoms with Crippen LogP contribution in [-0.2, 0) is 11.3 Å². The molecule has 1 aliphatic heterocycles. The maximum Gasteiger partial charge on any atom is 0.430 e. The van der Waals surface area contributed by atoms with Gasteiger partial charge in [0.2, 0.25) is 5.69 Å². The number of aromatic nitrogens is 1. The zero-order chi connectivity index (χ0) is 15.3. The van der Waals surface area contributed by atoms with Crippen molar-refractivity contribution in [3.8, 4) is 0 Å². The third-order valence-corrected chi connectivity index (χ3v) is 3.46. The van der Waals surface area contributed by atoms with Gasteiger partial charge in [0.25, 0.3) is 4.34 Å². The van der Waals surface area contributed by atoms with E-state index in [2.05, 4.69) is 28.6 Å². The van der Waals surface area contributed by atoms with Crippen molar-refractivity contribution >= 4 is 36.0 Å². The molecule has 20 heavy (non-hydrogen) atoms. The topological polar surface area (TPSA) is 77.7 Å². The van der Waals surface area contributed by atoms with Crippen LogP contribution in [0.5, 0.6) is 0 Å². The van der Waals surface area contributed by atoms with Crippen LogP contribution in [0.25, 0.3) is 6.08 Å². The number of fused-ring (bicyclic) bond motifs is 1. The molecule has 0 amide bonds. The molecule has 0 fully saturated rings.